The van der Waals surface area contributed by atoms with Crippen molar-refractivity contribution in [3.8, 4) is 16.9 Å². The zero-order chi connectivity index (χ0) is 12.0. The van der Waals surface area contributed by atoms with Gasteiger partial charge in [0.1, 0.15) is 5.75 Å². The lowest BCUT2D eigenvalue weighted by Crippen LogP contribution is -1.88. The van der Waals surface area contributed by atoms with E-state index in [1.807, 2.05) is 0 Å². The van der Waals surface area contributed by atoms with E-state index in [9.17, 15) is 15.2 Å². The number of hydrogen-bond acceptors (Lipinski definition) is 3. The van der Waals surface area contributed by atoms with Crippen molar-refractivity contribution in [3.05, 3.63) is 57.6 Å². The topological polar surface area (TPSA) is 63.4 Å². The van der Waals surface area contributed by atoms with Gasteiger partial charge in [-0.2, -0.15) is 0 Å². The van der Waals surface area contributed by atoms with Crippen molar-refractivity contribution in [2.75, 3.05) is 0 Å². The SMILES string of the molecule is O=[N+]([O-])c1ccc2c(c1)-c1ccc(O)cc1C2. The Morgan fingerprint density at radius 1 is 1.06 bits per heavy atom. The summed E-state index contributed by atoms with van der Waals surface area (Å²) >= 11 is 0. The van der Waals surface area contributed by atoms with Crippen LogP contribution in [0.25, 0.3) is 11.1 Å². The molecule has 84 valence electrons. The highest BCUT2D eigenvalue weighted by atomic mass is 16.6. The molecule has 0 amide bonds. The number of nitrogens with zero attached hydrogens (tertiary/aromatic N) is 1. The van der Waals surface area contributed by atoms with Gasteiger partial charge in [0.05, 0.1) is 4.92 Å². The molecule has 1 aliphatic rings. The molecule has 4 nitrogen and oxygen atoms in total. The molecule has 0 aromatic heterocycles. The fraction of sp³-hybridized carbons (Fsp3) is 0.0769. The van der Waals surface area contributed by atoms with Gasteiger partial charge in [0.15, 0.2) is 0 Å². The van der Waals surface area contributed by atoms with Crippen molar-refractivity contribution in [2.45, 2.75) is 6.42 Å². The number of benzene rings is 2. The van der Waals surface area contributed by atoms with Crippen LogP contribution in [0.15, 0.2) is 36.4 Å². The predicted molar refractivity (Wildman–Crippen MR) is 63.0 cm³/mol. The van der Waals surface area contributed by atoms with Crippen LogP contribution < -0.4 is 0 Å². The van der Waals surface area contributed by atoms with Gasteiger partial charge >= 0.3 is 0 Å². The summed E-state index contributed by atoms with van der Waals surface area (Å²) in [5.41, 5.74) is 4.05. The van der Waals surface area contributed by atoms with Crippen LogP contribution in [0, 0.1) is 10.1 Å². The van der Waals surface area contributed by atoms with E-state index in [1.54, 1.807) is 30.3 Å². The van der Waals surface area contributed by atoms with Crippen molar-refractivity contribution in [2.24, 2.45) is 0 Å². The predicted octanol–water partition coefficient (Wildman–Crippen LogP) is 2.87. The van der Waals surface area contributed by atoms with Crippen LogP contribution in [0.4, 0.5) is 5.69 Å². The number of nitro groups is 1. The molecule has 0 fully saturated rings. The Morgan fingerprint density at radius 3 is 2.65 bits per heavy atom. The Labute approximate surface area is 97.3 Å². The highest BCUT2D eigenvalue weighted by Gasteiger charge is 2.21. The van der Waals surface area contributed by atoms with E-state index in [-0.39, 0.29) is 11.4 Å². The first-order valence-electron chi connectivity index (χ1n) is 5.25. The van der Waals surface area contributed by atoms with Crippen LogP contribution in [0.1, 0.15) is 11.1 Å². The Balaban J connectivity index is 2.20. The zero-order valence-electron chi connectivity index (χ0n) is 8.88. The molecule has 0 saturated carbocycles. The molecule has 0 radical (unpaired) electrons. The molecule has 0 heterocycles. The monoisotopic (exact) mass is 227 g/mol. The summed E-state index contributed by atoms with van der Waals surface area (Å²) in [4.78, 5) is 10.3. The van der Waals surface area contributed by atoms with Crippen LogP contribution >= 0.6 is 0 Å². The number of rotatable bonds is 1. The van der Waals surface area contributed by atoms with Gasteiger partial charge in [0.2, 0.25) is 0 Å². The van der Waals surface area contributed by atoms with Crippen LogP contribution in [0.2, 0.25) is 0 Å². The first-order chi connectivity index (χ1) is 8.15. The second-order valence-corrected chi connectivity index (χ2v) is 4.12. The largest absolute Gasteiger partial charge is 0.508 e. The van der Waals surface area contributed by atoms with Gasteiger partial charge in [-0.25, -0.2) is 0 Å². The van der Waals surface area contributed by atoms with Crippen LogP contribution in [0.5, 0.6) is 5.75 Å². The highest BCUT2D eigenvalue weighted by molar-refractivity contribution is 5.79. The molecule has 0 spiro atoms. The third-order valence-corrected chi connectivity index (χ3v) is 3.06. The summed E-state index contributed by atoms with van der Waals surface area (Å²) in [6, 6.07) is 10.0. The quantitative estimate of drug-likeness (QED) is 0.513. The van der Waals surface area contributed by atoms with Gasteiger partial charge in [0, 0.05) is 12.1 Å². The lowest BCUT2D eigenvalue weighted by Gasteiger charge is -2.01. The highest BCUT2D eigenvalue weighted by Crippen LogP contribution is 2.39. The lowest BCUT2D eigenvalue weighted by molar-refractivity contribution is -0.384. The first-order valence-corrected chi connectivity index (χ1v) is 5.25. The summed E-state index contributed by atoms with van der Waals surface area (Å²) in [5.74, 6) is 0.228. The van der Waals surface area contributed by atoms with Crippen LogP contribution in [-0.2, 0) is 6.42 Å². The minimum Gasteiger partial charge on any atom is -0.508 e. The van der Waals surface area contributed by atoms with Crippen molar-refractivity contribution in [1.82, 2.24) is 0 Å². The van der Waals surface area contributed by atoms with E-state index >= 15 is 0 Å². The standard InChI is InChI=1S/C13H9NO3/c15-11-3-4-12-9(6-11)5-8-1-2-10(14(16)17)7-13(8)12/h1-4,6-7,15H,5H2. The molecular formula is C13H9NO3. The summed E-state index contributed by atoms with van der Waals surface area (Å²) in [5, 5.41) is 20.1. The number of phenols is 1. The van der Waals surface area contributed by atoms with Crippen molar-refractivity contribution in [3.63, 3.8) is 0 Å². The van der Waals surface area contributed by atoms with Crippen molar-refractivity contribution < 1.29 is 10.0 Å². The van der Waals surface area contributed by atoms with Crippen molar-refractivity contribution >= 4 is 5.69 Å². The molecule has 4 heteroatoms. The third kappa shape index (κ3) is 1.45. The average molecular weight is 227 g/mol. The lowest BCUT2D eigenvalue weighted by atomic mass is 10.1. The van der Waals surface area contributed by atoms with Gasteiger partial charge in [-0.1, -0.05) is 12.1 Å². The average Bonchev–Trinajstić information content (AvgIpc) is 2.64. The maximum Gasteiger partial charge on any atom is 0.270 e. The van der Waals surface area contributed by atoms with Crippen molar-refractivity contribution in [1.29, 1.82) is 0 Å². The normalized spacial score (nSPS) is 12.0. The fourth-order valence-corrected chi connectivity index (χ4v) is 2.28. The number of aromatic hydroxyl groups is 1. The number of fused-ring (bicyclic) bond motifs is 3. The molecule has 1 N–H and O–H groups in total. The number of nitro benzene ring substituents is 1. The maximum absolute atomic E-state index is 10.7. The molecule has 2 aromatic carbocycles. The van der Waals surface area contributed by atoms with Crippen LogP contribution in [-0.4, -0.2) is 10.0 Å². The minimum atomic E-state index is -0.390. The van der Waals surface area contributed by atoms with Gasteiger partial charge < -0.3 is 5.11 Å². The summed E-state index contributed by atoms with van der Waals surface area (Å²) in [6.45, 7) is 0. The molecule has 17 heavy (non-hydrogen) atoms. The molecule has 2 aromatic rings. The van der Waals surface area contributed by atoms with Crippen LogP contribution in [0.3, 0.4) is 0 Å². The molecular weight excluding hydrogens is 218 g/mol. The third-order valence-electron chi connectivity index (χ3n) is 3.06. The minimum absolute atomic E-state index is 0.102. The van der Waals surface area contributed by atoms with Gasteiger partial charge in [-0.15, -0.1) is 0 Å². The molecule has 1 aliphatic carbocycles. The Kier molecular flexibility index (Phi) is 1.92. The van der Waals surface area contributed by atoms with E-state index < -0.39 is 4.92 Å². The molecule has 0 atom stereocenters. The van der Waals surface area contributed by atoms with E-state index in [2.05, 4.69) is 0 Å². The summed E-state index contributed by atoms with van der Waals surface area (Å²) in [6.07, 6.45) is 0.719. The van der Waals surface area contributed by atoms with Gasteiger partial charge in [-0.05, 0) is 40.8 Å². The Hall–Kier alpha value is -2.36. The molecule has 0 bridgehead atoms. The Bertz CT molecular complexity index is 635. The molecule has 0 unspecified atom stereocenters. The smallest absolute Gasteiger partial charge is 0.270 e. The molecule has 3 rings (SSSR count). The first kappa shape index (κ1) is 9.84. The Morgan fingerprint density at radius 2 is 1.88 bits per heavy atom. The van der Waals surface area contributed by atoms with Gasteiger partial charge in [0.25, 0.3) is 5.69 Å². The molecule has 0 saturated heterocycles. The maximum atomic E-state index is 10.7. The van der Waals surface area contributed by atoms with E-state index in [0.717, 1.165) is 28.7 Å². The number of non-ortho nitro benzene ring substituents is 1. The zero-order valence-corrected chi connectivity index (χ0v) is 8.88. The molecule has 0 aliphatic heterocycles. The second kappa shape index (κ2) is 3.31. The van der Waals surface area contributed by atoms with E-state index in [4.69, 9.17) is 0 Å². The van der Waals surface area contributed by atoms with Gasteiger partial charge in [-0.3, -0.25) is 10.1 Å². The fourth-order valence-electron chi connectivity index (χ4n) is 2.28. The summed E-state index contributed by atoms with van der Waals surface area (Å²) in [7, 11) is 0. The summed E-state index contributed by atoms with van der Waals surface area (Å²) < 4.78 is 0. The second-order valence-electron chi connectivity index (χ2n) is 4.12. The van der Waals surface area contributed by atoms with E-state index in [0.29, 0.717) is 0 Å². The number of hydrogen-bond donors (Lipinski definition) is 1. The number of phenolic OH excluding ortho intramolecular Hbond substituents is 1. The van der Waals surface area contributed by atoms with E-state index in [1.165, 1.54) is 6.07 Å².